The molecule has 2 aromatic rings. The monoisotopic (exact) mass is 332 g/mol. The minimum Gasteiger partial charge on any atom is -0.379 e. The molecule has 6 heteroatoms. The molecule has 1 amide bonds. The first kappa shape index (κ1) is 15.8. The van der Waals surface area contributed by atoms with Gasteiger partial charge in [0.2, 0.25) is 0 Å². The Kier molecular flexibility index (Phi) is 4.79. The maximum absolute atomic E-state index is 12.2. The highest BCUT2D eigenvalue weighted by Gasteiger charge is 2.19. The normalized spacial score (nSPS) is 17.7. The summed E-state index contributed by atoms with van der Waals surface area (Å²) >= 11 is 5.85. The molecule has 0 saturated carbocycles. The number of H-pyrrole nitrogens is 1. The van der Waals surface area contributed by atoms with Crippen molar-refractivity contribution in [2.24, 2.45) is 0 Å². The van der Waals surface area contributed by atoms with E-state index < -0.39 is 5.56 Å². The number of carbonyl (C=O) groups excluding carboxylic acids is 1. The van der Waals surface area contributed by atoms with E-state index in [1.54, 1.807) is 24.3 Å². The number of ether oxygens (including phenoxy) is 1. The average molecular weight is 333 g/mol. The number of rotatable bonds is 3. The third kappa shape index (κ3) is 3.81. The van der Waals surface area contributed by atoms with Crippen molar-refractivity contribution in [2.45, 2.75) is 18.9 Å². The number of aromatic nitrogens is 1. The second-order valence-electron chi connectivity index (χ2n) is 5.51. The molecule has 1 aliphatic rings. The van der Waals surface area contributed by atoms with Crippen molar-refractivity contribution in [1.29, 1.82) is 0 Å². The number of hydrogen-bond acceptors (Lipinski definition) is 3. The summed E-state index contributed by atoms with van der Waals surface area (Å²) in [5, 5.41) is 3.47. The van der Waals surface area contributed by atoms with Gasteiger partial charge in [0.15, 0.2) is 0 Å². The van der Waals surface area contributed by atoms with Crippen molar-refractivity contribution in [2.75, 3.05) is 13.2 Å². The van der Waals surface area contributed by atoms with Crippen molar-refractivity contribution in [3.63, 3.8) is 0 Å². The highest BCUT2D eigenvalue weighted by molar-refractivity contribution is 6.30. The summed E-state index contributed by atoms with van der Waals surface area (Å²) in [6.45, 7) is 1.22. The SMILES string of the molecule is O=C(N[C@H]1CCCOC1)c1ccc(-c2ccc(Cl)cc2)[nH]c1=O. The number of carbonyl (C=O) groups is 1. The standard InChI is InChI=1S/C17H17ClN2O3/c18-12-5-3-11(4-6-12)15-8-7-14(17(22)20-15)16(21)19-13-2-1-9-23-10-13/h3-8,13H,1-2,9-10H2,(H,19,21)(H,20,22)/t13-/m0/s1. The molecule has 5 nitrogen and oxygen atoms in total. The molecule has 0 radical (unpaired) electrons. The lowest BCUT2D eigenvalue weighted by atomic mass is 10.1. The molecule has 1 atom stereocenters. The van der Waals surface area contributed by atoms with Crippen molar-refractivity contribution in [3.05, 3.63) is 57.3 Å². The summed E-state index contributed by atoms with van der Waals surface area (Å²) in [5.41, 5.74) is 1.17. The van der Waals surface area contributed by atoms with Crippen LogP contribution in [0.4, 0.5) is 0 Å². The van der Waals surface area contributed by atoms with Gasteiger partial charge >= 0.3 is 0 Å². The van der Waals surface area contributed by atoms with Gasteiger partial charge in [-0.3, -0.25) is 9.59 Å². The number of pyridine rings is 1. The molecular weight excluding hydrogens is 316 g/mol. The number of nitrogens with one attached hydrogen (secondary N) is 2. The van der Waals surface area contributed by atoms with Crippen LogP contribution in [0.25, 0.3) is 11.3 Å². The highest BCUT2D eigenvalue weighted by Crippen LogP contribution is 2.18. The van der Waals surface area contributed by atoms with Crippen LogP contribution in [0.2, 0.25) is 5.02 Å². The number of benzene rings is 1. The molecule has 0 spiro atoms. The van der Waals surface area contributed by atoms with Crippen LogP contribution in [0.1, 0.15) is 23.2 Å². The fourth-order valence-electron chi connectivity index (χ4n) is 2.57. The van der Waals surface area contributed by atoms with E-state index in [0.717, 1.165) is 25.0 Å². The maximum Gasteiger partial charge on any atom is 0.261 e. The first-order chi connectivity index (χ1) is 11.1. The largest absolute Gasteiger partial charge is 0.379 e. The van der Waals surface area contributed by atoms with Crippen LogP contribution in [0.5, 0.6) is 0 Å². The Labute approximate surface area is 138 Å². The fourth-order valence-corrected chi connectivity index (χ4v) is 2.69. The van der Waals surface area contributed by atoms with Gasteiger partial charge in [-0.15, -0.1) is 0 Å². The Hall–Kier alpha value is -2.11. The summed E-state index contributed by atoms with van der Waals surface area (Å²) in [4.78, 5) is 27.2. The molecule has 2 heterocycles. The Morgan fingerprint density at radius 1 is 1.22 bits per heavy atom. The molecule has 120 valence electrons. The van der Waals surface area contributed by atoms with Crippen LogP contribution >= 0.6 is 11.6 Å². The van der Waals surface area contributed by atoms with Crippen molar-refractivity contribution < 1.29 is 9.53 Å². The van der Waals surface area contributed by atoms with Gasteiger partial charge in [0, 0.05) is 17.3 Å². The lowest BCUT2D eigenvalue weighted by Gasteiger charge is -2.22. The Morgan fingerprint density at radius 2 is 2.00 bits per heavy atom. The molecule has 3 rings (SSSR count). The molecule has 23 heavy (non-hydrogen) atoms. The zero-order valence-electron chi connectivity index (χ0n) is 12.5. The fraction of sp³-hybridized carbons (Fsp3) is 0.294. The van der Waals surface area contributed by atoms with Gasteiger partial charge < -0.3 is 15.0 Å². The number of halogens is 1. The summed E-state index contributed by atoms with van der Waals surface area (Å²) in [5.74, 6) is -0.371. The van der Waals surface area contributed by atoms with Gasteiger partial charge in [0.05, 0.1) is 12.6 Å². The van der Waals surface area contributed by atoms with Crippen LogP contribution in [-0.4, -0.2) is 30.1 Å². The van der Waals surface area contributed by atoms with E-state index in [0.29, 0.717) is 17.3 Å². The summed E-state index contributed by atoms with van der Waals surface area (Å²) in [6, 6.07) is 10.3. The minimum atomic E-state index is -0.410. The molecular formula is C17H17ClN2O3. The smallest absolute Gasteiger partial charge is 0.261 e. The lowest BCUT2D eigenvalue weighted by molar-refractivity contribution is 0.0623. The average Bonchev–Trinajstić information content (AvgIpc) is 2.56. The van der Waals surface area contributed by atoms with Crippen molar-refractivity contribution >= 4 is 17.5 Å². The number of amides is 1. The molecule has 0 unspecified atom stereocenters. The van der Waals surface area contributed by atoms with Crippen LogP contribution < -0.4 is 10.9 Å². The third-order valence-corrected chi connectivity index (χ3v) is 4.06. The third-order valence-electron chi connectivity index (χ3n) is 3.80. The van der Waals surface area contributed by atoms with Gasteiger partial charge in [-0.2, -0.15) is 0 Å². The van der Waals surface area contributed by atoms with Crippen LogP contribution in [0.15, 0.2) is 41.2 Å². The predicted molar refractivity (Wildman–Crippen MR) is 88.8 cm³/mol. The highest BCUT2D eigenvalue weighted by atomic mass is 35.5. The zero-order chi connectivity index (χ0) is 16.2. The topological polar surface area (TPSA) is 71.2 Å². The quantitative estimate of drug-likeness (QED) is 0.907. The van der Waals surface area contributed by atoms with Gasteiger partial charge in [-0.25, -0.2) is 0 Å². The van der Waals surface area contributed by atoms with Crippen LogP contribution in [0, 0.1) is 0 Å². The summed E-state index contributed by atoms with van der Waals surface area (Å²) in [6.07, 6.45) is 1.78. The molecule has 1 aromatic heterocycles. The van der Waals surface area contributed by atoms with E-state index in [1.807, 2.05) is 12.1 Å². The Morgan fingerprint density at radius 3 is 2.65 bits per heavy atom. The zero-order valence-corrected chi connectivity index (χ0v) is 13.2. The lowest BCUT2D eigenvalue weighted by Crippen LogP contribution is -2.42. The van der Waals surface area contributed by atoms with E-state index in [4.69, 9.17) is 16.3 Å². The molecule has 2 N–H and O–H groups in total. The van der Waals surface area contributed by atoms with Crippen molar-refractivity contribution in [3.8, 4) is 11.3 Å². The molecule has 1 aliphatic heterocycles. The first-order valence-electron chi connectivity index (χ1n) is 7.51. The van der Waals surface area contributed by atoms with E-state index >= 15 is 0 Å². The maximum atomic E-state index is 12.2. The summed E-state index contributed by atoms with van der Waals surface area (Å²) in [7, 11) is 0. The van der Waals surface area contributed by atoms with Gasteiger partial charge in [0.1, 0.15) is 5.56 Å². The van der Waals surface area contributed by atoms with E-state index in [2.05, 4.69) is 10.3 Å². The van der Waals surface area contributed by atoms with E-state index in [-0.39, 0.29) is 17.5 Å². The second kappa shape index (κ2) is 6.98. The number of hydrogen-bond donors (Lipinski definition) is 2. The molecule has 1 saturated heterocycles. The second-order valence-corrected chi connectivity index (χ2v) is 5.95. The Balaban J connectivity index is 1.77. The van der Waals surface area contributed by atoms with Gasteiger partial charge in [-0.1, -0.05) is 23.7 Å². The van der Waals surface area contributed by atoms with E-state index in [1.165, 1.54) is 0 Å². The molecule has 0 aliphatic carbocycles. The summed E-state index contributed by atoms with van der Waals surface area (Å²) < 4.78 is 5.32. The van der Waals surface area contributed by atoms with Gasteiger partial charge in [0.25, 0.3) is 11.5 Å². The van der Waals surface area contributed by atoms with Crippen LogP contribution in [0.3, 0.4) is 0 Å². The predicted octanol–water partition coefficient (Wildman–Crippen LogP) is 2.60. The van der Waals surface area contributed by atoms with Crippen molar-refractivity contribution in [1.82, 2.24) is 10.3 Å². The van der Waals surface area contributed by atoms with E-state index in [9.17, 15) is 9.59 Å². The van der Waals surface area contributed by atoms with Crippen LogP contribution in [-0.2, 0) is 4.74 Å². The molecule has 1 aromatic carbocycles. The molecule has 1 fully saturated rings. The first-order valence-corrected chi connectivity index (χ1v) is 7.89. The van der Waals surface area contributed by atoms with Gasteiger partial charge in [-0.05, 0) is 42.7 Å². The number of aromatic amines is 1. The Bertz CT molecular complexity index is 749. The molecule has 0 bridgehead atoms. The minimum absolute atomic E-state index is 0.0356.